The number of fused-ring (bicyclic) bond motifs is 1. The minimum absolute atomic E-state index is 0.00464. The Morgan fingerprint density at radius 1 is 1.45 bits per heavy atom. The highest BCUT2D eigenvalue weighted by Gasteiger charge is 2.16. The van der Waals surface area contributed by atoms with Crippen LogP contribution in [0.2, 0.25) is 0 Å². The number of aromatic nitrogens is 1. The molecular weight excluding hydrogens is 254 g/mol. The summed E-state index contributed by atoms with van der Waals surface area (Å²) in [7, 11) is 1.65. The molecule has 0 bridgehead atoms. The summed E-state index contributed by atoms with van der Waals surface area (Å²) in [6.45, 7) is 1.24. The molecule has 20 heavy (non-hydrogen) atoms. The van der Waals surface area contributed by atoms with Crippen LogP contribution >= 0.6 is 0 Å². The van der Waals surface area contributed by atoms with Gasteiger partial charge < -0.3 is 15.0 Å². The fourth-order valence-electron chi connectivity index (χ4n) is 2.33. The van der Waals surface area contributed by atoms with E-state index in [9.17, 15) is 4.79 Å². The molecule has 0 radical (unpaired) electrons. The minimum atomic E-state index is -0.209. The van der Waals surface area contributed by atoms with Gasteiger partial charge in [-0.05, 0) is 24.3 Å². The Labute approximate surface area is 117 Å². The number of carbonyl (C=O) groups excluding carboxylic acids is 1. The lowest BCUT2D eigenvalue weighted by Gasteiger charge is -2.09. The lowest BCUT2D eigenvalue weighted by Crippen LogP contribution is -2.40. The molecule has 2 aromatic rings. The first kappa shape index (κ1) is 12.7. The Bertz CT molecular complexity index is 660. The summed E-state index contributed by atoms with van der Waals surface area (Å²) in [6.07, 6.45) is 3.84. The van der Waals surface area contributed by atoms with Crippen molar-refractivity contribution in [2.24, 2.45) is 0 Å². The highest BCUT2D eigenvalue weighted by atomic mass is 16.5. The third-order valence-electron chi connectivity index (χ3n) is 3.40. The van der Waals surface area contributed by atoms with Gasteiger partial charge in [-0.15, -0.1) is 0 Å². The van der Waals surface area contributed by atoms with Crippen LogP contribution in [0.15, 0.2) is 36.4 Å². The molecule has 1 aliphatic heterocycles. The molecular formula is C15H17N3O2. The molecule has 1 atom stereocenters. The molecule has 5 heteroatoms. The summed E-state index contributed by atoms with van der Waals surface area (Å²) in [6, 6.07) is 7.67. The summed E-state index contributed by atoms with van der Waals surface area (Å²) in [5.74, 6) is 0.822. The fourth-order valence-corrected chi connectivity index (χ4v) is 2.33. The molecule has 1 amide bonds. The zero-order valence-electron chi connectivity index (χ0n) is 11.3. The van der Waals surface area contributed by atoms with Crippen molar-refractivity contribution >= 4 is 16.8 Å². The van der Waals surface area contributed by atoms with E-state index in [-0.39, 0.29) is 11.9 Å². The van der Waals surface area contributed by atoms with Crippen LogP contribution in [0.25, 0.3) is 10.9 Å². The van der Waals surface area contributed by atoms with Crippen LogP contribution in [0.1, 0.15) is 5.69 Å². The minimum Gasteiger partial charge on any atom is -0.497 e. The molecule has 1 aromatic heterocycles. The summed E-state index contributed by atoms with van der Waals surface area (Å²) in [5.41, 5.74) is 2.01. The Balaban J connectivity index is 1.68. The van der Waals surface area contributed by atoms with Crippen LogP contribution in [0.3, 0.4) is 0 Å². The van der Waals surface area contributed by atoms with E-state index in [0.717, 1.165) is 28.9 Å². The molecule has 0 aliphatic carbocycles. The van der Waals surface area contributed by atoms with Crippen LogP contribution in [0, 0.1) is 0 Å². The van der Waals surface area contributed by atoms with E-state index in [4.69, 9.17) is 4.74 Å². The fraction of sp³-hybridized carbons (Fsp3) is 0.267. The highest BCUT2D eigenvalue weighted by molar-refractivity contribution is 5.85. The second-order valence-corrected chi connectivity index (χ2v) is 4.78. The average Bonchev–Trinajstić information content (AvgIpc) is 3.12. The molecule has 1 aliphatic rings. The maximum atomic E-state index is 11.9. The molecule has 104 valence electrons. The van der Waals surface area contributed by atoms with Crippen LogP contribution in [-0.2, 0) is 11.3 Å². The van der Waals surface area contributed by atoms with Gasteiger partial charge in [0.2, 0.25) is 5.91 Å². The van der Waals surface area contributed by atoms with E-state index in [0.29, 0.717) is 6.54 Å². The van der Waals surface area contributed by atoms with Crippen molar-refractivity contribution in [2.75, 3.05) is 13.7 Å². The number of methoxy groups -OCH3 is 1. The number of hydrogen-bond donors (Lipinski definition) is 3. The lowest BCUT2D eigenvalue weighted by atomic mass is 10.2. The summed E-state index contributed by atoms with van der Waals surface area (Å²) < 4.78 is 5.20. The number of amides is 1. The average molecular weight is 271 g/mol. The van der Waals surface area contributed by atoms with Gasteiger partial charge in [0.25, 0.3) is 0 Å². The Morgan fingerprint density at radius 3 is 3.10 bits per heavy atom. The normalized spacial score (nSPS) is 17.6. The van der Waals surface area contributed by atoms with Crippen molar-refractivity contribution in [1.82, 2.24) is 15.6 Å². The van der Waals surface area contributed by atoms with Gasteiger partial charge in [-0.2, -0.15) is 0 Å². The molecule has 0 saturated heterocycles. The van der Waals surface area contributed by atoms with Crippen LogP contribution in [-0.4, -0.2) is 30.6 Å². The molecule has 0 fully saturated rings. The number of nitrogens with one attached hydrogen (secondary N) is 3. The van der Waals surface area contributed by atoms with Gasteiger partial charge in [-0.25, -0.2) is 0 Å². The molecule has 3 N–H and O–H groups in total. The van der Waals surface area contributed by atoms with Crippen LogP contribution in [0.5, 0.6) is 5.75 Å². The van der Waals surface area contributed by atoms with Gasteiger partial charge in [0.1, 0.15) is 11.8 Å². The van der Waals surface area contributed by atoms with Gasteiger partial charge in [-0.1, -0.05) is 12.2 Å². The van der Waals surface area contributed by atoms with Crippen LogP contribution < -0.4 is 15.4 Å². The zero-order chi connectivity index (χ0) is 13.9. The number of rotatable bonds is 4. The standard InChI is InChI=1S/C15H17N3O2/c1-20-12-4-5-13-10(8-12)7-11(18-13)9-17-15(19)14-3-2-6-16-14/h2-5,7-8,14,16,18H,6,9H2,1H3,(H,17,19)/t14-/m0/s1. The number of benzene rings is 1. The van der Waals surface area contributed by atoms with E-state index in [1.165, 1.54) is 0 Å². The quantitative estimate of drug-likeness (QED) is 0.735. The van der Waals surface area contributed by atoms with Crippen molar-refractivity contribution < 1.29 is 9.53 Å². The number of carbonyl (C=O) groups is 1. The van der Waals surface area contributed by atoms with Crippen LogP contribution in [0.4, 0.5) is 0 Å². The van der Waals surface area contributed by atoms with E-state index >= 15 is 0 Å². The molecule has 0 unspecified atom stereocenters. The number of hydrogen-bond acceptors (Lipinski definition) is 3. The topological polar surface area (TPSA) is 66.1 Å². The Kier molecular flexibility index (Phi) is 3.43. The highest BCUT2D eigenvalue weighted by Crippen LogP contribution is 2.21. The smallest absolute Gasteiger partial charge is 0.241 e. The number of ether oxygens (including phenoxy) is 1. The van der Waals surface area contributed by atoms with E-state index in [1.54, 1.807) is 7.11 Å². The van der Waals surface area contributed by atoms with Crippen molar-refractivity contribution in [3.05, 3.63) is 42.1 Å². The van der Waals surface area contributed by atoms with Gasteiger partial charge in [-0.3, -0.25) is 10.1 Å². The molecule has 0 saturated carbocycles. The second-order valence-electron chi connectivity index (χ2n) is 4.78. The number of H-pyrrole nitrogens is 1. The lowest BCUT2D eigenvalue weighted by molar-refractivity contribution is -0.122. The Morgan fingerprint density at radius 2 is 2.35 bits per heavy atom. The maximum absolute atomic E-state index is 11.9. The Hall–Kier alpha value is -2.27. The zero-order valence-corrected chi connectivity index (χ0v) is 11.3. The van der Waals surface area contributed by atoms with Crippen molar-refractivity contribution in [3.63, 3.8) is 0 Å². The maximum Gasteiger partial charge on any atom is 0.241 e. The summed E-state index contributed by atoms with van der Waals surface area (Å²) >= 11 is 0. The van der Waals surface area contributed by atoms with Crippen molar-refractivity contribution in [2.45, 2.75) is 12.6 Å². The first-order chi connectivity index (χ1) is 9.76. The predicted molar refractivity (Wildman–Crippen MR) is 77.6 cm³/mol. The first-order valence-corrected chi connectivity index (χ1v) is 6.59. The molecule has 1 aromatic carbocycles. The predicted octanol–water partition coefficient (Wildman–Crippen LogP) is 1.32. The SMILES string of the molecule is COc1ccc2[nH]c(CNC(=O)[C@@H]3C=CCN3)cc2c1. The molecule has 5 nitrogen and oxygen atoms in total. The second kappa shape index (κ2) is 5.38. The molecule has 3 rings (SSSR count). The van der Waals surface area contributed by atoms with E-state index in [1.807, 2.05) is 36.4 Å². The molecule has 0 spiro atoms. The number of aromatic amines is 1. The third kappa shape index (κ3) is 2.53. The van der Waals surface area contributed by atoms with Crippen molar-refractivity contribution in [1.29, 1.82) is 0 Å². The van der Waals surface area contributed by atoms with Gasteiger partial charge in [0.05, 0.1) is 13.7 Å². The monoisotopic (exact) mass is 271 g/mol. The van der Waals surface area contributed by atoms with Gasteiger partial charge >= 0.3 is 0 Å². The summed E-state index contributed by atoms with van der Waals surface area (Å²) in [5, 5.41) is 7.08. The largest absolute Gasteiger partial charge is 0.497 e. The van der Waals surface area contributed by atoms with Crippen molar-refractivity contribution in [3.8, 4) is 5.75 Å². The van der Waals surface area contributed by atoms with E-state index in [2.05, 4.69) is 15.6 Å². The van der Waals surface area contributed by atoms with E-state index < -0.39 is 0 Å². The molecule has 2 heterocycles. The summed E-state index contributed by atoms with van der Waals surface area (Å²) in [4.78, 5) is 15.2. The van der Waals surface area contributed by atoms with Gasteiger partial charge in [0.15, 0.2) is 0 Å². The first-order valence-electron chi connectivity index (χ1n) is 6.59. The third-order valence-corrected chi connectivity index (χ3v) is 3.40. The van der Waals surface area contributed by atoms with Gasteiger partial charge in [0, 0.05) is 23.1 Å².